The van der Waals surface area contributed by atoms with E-state index < -0.39 is 0 Å². The summed E-state index contributed by atoms with van der Waals surface area (Å²) in [7, 11) is 1.78. The van der Waals surface area contributed by atoms with Crippen LogP contribution in [0.5, 0.6) is 0 Å². The first-order chi connectivity index (χ1) is 9.54. The van der Waals surface area contributed by atoms with Gasteiger partial charge in [-0.2, -0.15) is 0 Å². The van der Waals surface area contributed by atoms with Crippen LogP contribution in [0.2, 0.25) is 0 Å². The fourth-order valence-corrected chi connectivity index (χ4v) is 2.67. The van der Waals surface area contributed by atoms with Gasteiger partial charge in [-0.25, -0.2) is 4.98 Å². The predicted octanol–water partition coefficient (Wildman–Crippen LogP) is 2.82. The molecule has 0 aliphatic carbocycles. The number of aromatic nitrogens is 3. The summed E-state index contributed by atoms with van der Waals surface area (Å²) in [5, 5.41) is 0.745. The lowest BCUT2D eigenvalue weighted by molar-refractivity contribution is 0.0807. The minimum Gasteiger partial charge on any atom is -0.341 e. The van der Waals surface area contributed by atoms with Gasteiger partial charge in [0.1, 0.15) is 15.6 Å². The van der Waals surface area contributed by atoms with E-state index in [1.165, 1.54) is 11.3 Å². The molecule has 0 fully saturated rings. The maximum atomic E-state index is 12.1. The first-order valence-corrected chi connectivity index (χ1v) is 7.38. The number of thiazole rings is 1. The highest BCUT2D eigenvalue weighted by atomic mass is 32.1. The van der Waals surface area contributed by atoms with Crippen molar-refractivity contribution in [1.29, 1.82) is 0 Å². The van der Waals surface area contributed by atoms with Gasteiger partial charge in [0.05, 0.1) is 11.9 Å². The van der Waals surface area contributed by atoms with E-state index in [0.29, 0.717) is 11.4 Å². The van der Waals surface area contributed by atoms with Crippen LogP contribution in [0.3, 0.4) is 0 Å². The lowest BCUT2D eigenvalue weighted by Gasteiger charge is -2.12. The average molecular weight is 290 g/mol. The van der Waals surface area contributed by atoms with Crippen LogP contribution in [-0.4, -0.2) is 39.4 Å². The van der Waals surface area contributed by atoms with Gasteiger partial charge in [-0.1, -0.05) is 13.8 Å². The zero-order chi connectivity index (χ0) is 14.7. The fraction of sp³-hybridized carbons (Fsp3) is 0.429. The third-order valence-electron chi connectivity index (χ3n) is 3.01. The smallest absolute Gasteiger partial charge is 0.265 e. The molecule has 0 bridgehead atoms. The second kappa shape index (κ2) is 6.09. The number of nitrogens with zero attached hydrogens (tertiary/aromatic N) is 4. The number of hydrogen-bond acceptors (Lipinski definition) is 5. The molecule has 2 aromatic heterocycles. The van der Waals surface area contributed by atoms with E-state index in [0.717, 1.165) is 16.4 Å². The van der Waals surface area contributed by atoms with Crippen molar-refractivity contribution in [2.75, 3.05) is 13.6 Å². The molecule has 0 aliphatic heterocycles. The Balaban J connectivity index is 2.37. The number of carbonyl (C=O) groups is 1. The Labute approximate surface area is 122 Å². The number of hydrogen-bond donors (Lipinski definition) is 0. The molecule has 106 valence electrons. The summed E-state index contributed by atoms with van der Waals surface area (Å²) in [6, 6.07) is 0. The predicted molar refractivity (Wildman–Crippen MR) is 79.9 cm³/mol. The number of rotatable bonds is 4. The summed E-state index contributed by atoms with van der Waals surface area (Å²) in [6.45, 7) is 6.75. The van der Waals surface area contributed by atoms with Crippen LogP contribution in [0.4, 0.5) is 0 Å². The SMILES string of the molecule is CCN(C)C(=O)c1cnc(-c2nccnc2C(C)C)s1. The topological polar surface area (TPSA) is 59.0 Å². The Bertz CT molecular complexity index is 609. The highest BCUT2D eigenvalue weighted by molar-refractivity contribution is 7.16. The third-order valence-corrected chi connectivity index (χ3v) is 4.01. The molecule has 0 atom stereocenters. The summed E-state index contributed by atoms with van der Waals surface area (Å²) >= 11 is 1.36. The molecule has 0 N–H and O–H groups in total. The van der Waals surface area contributed by atoms with Crippen molar-refractivity contribution in [3.8, 4) is 10.7 Å². The van der Waals surface area contributed by atoms with E-state index in [1.807, 2.05) is 6.92 Å². The minimum atomic E-state index is -0.00811. The van der Waals surface area contributed by atoms with Gasteiger partial charge in [-0.05, 0) is 12.8 Å². The largest absolute Gasteiger partial charge is 0.341 e. The van der Waals surface area contributed by atoms with Crippen LogP contribution in [0.15, 0.2) is 18.6 Å². The summed E-state index contributed by atoms with van der Waals surface area (Å²) < 4.78 is 0. The van der Waals surface area contributed by atoms with Gasteiger partial charge in [-0.3, -0.25) is 14.8 Å². The molecule has 2 aromatic rings. The molecule has 20 heavy (non-hydrogen) atoms. The Morgan fingerprint density at radius 3 is 2.65 bits per heavy atom. The third kappa shape index (κ3) is 2.85. The van der Waals surface area contributed by atoms with Gasteiger partial charge in [0.2, 0.25) is 0 Å². The van der Waals surface area contributed by atoms with Gasteiger partial charge < -0.3 is 4.90 Å². The van der Waals surface area contributed by atoms with Crippen LogP contribution >= 0.6 is 11.3 Å². The van der Waals surface area contributed by atoms with Gasteiger partial charge in [0.15, 0.2) is 0 Å². The summed E-state index contributed by atoms with van der Waals surface area (Å²) in [5.41, 5.74) is 1.68. The Morgan fingerprint density at radius 1 is 1.30 bits per heavy atom. The van der Waals surface area contributed by atoms with E-state index >= 15 is 0 Å². The standard InChI is InChI=1S/C14H18N4OS/c1-5-18(4)14(19)10-8-17-13(20-10)12-11(9(2)3)15-6-7-16-12/h6-9H,5H2,1-4H3. The molecule has 2 rings (SSSR count). The Kier molecular flexibility index (Phi) is 4.44. The van der Waals surface area contributed by atoms with Gasteiger partial charge >= 0.3 is 0 Å². The minimum absolute atomic E-state index is 0.00811. The lowest BCUT2D eigenvalue weighted by atomic mass is 10.1. The van der Waals surface area contributed by atoms with Crippen molar-refractivity contribution in [3.63, 3.8) is 0 Å². The quantitative estimate of drug-likeness (QED) is 0.868. The summed E-state index contributed by atoms with van der Waals surface area (Å²) in [6.07, 6.45) is 4.96. The number of carbonyl (C=O) groups excluding carboxylic acids is 1. The van der Waals surface area contributed by atoms with Crippen molar-refractivity contribution >= 4 is 17.2 Å². The maximum absolute atomic E-state index is 12.1. The fourth-order valence-electron chi connectivity index (χ4n) is 1.75. The van der Waals surface area contributed by atoms with E-state index in [4.69, 9.17) is 0 Å². The van der Waals surface area contributed by atoms with Crippen molar-refractivity contribution in [2.24, 2.45) is 0 Å². The van der Waals surface area contributed by atoms with Gasteiger partial charge in [0.25, 0.3) is 5.91 Å². The van der Waals surface area contributed by atoms with Crippen LogP contribution in [0, 0.1) is 0 Å². The highest BCUT2D eigenvalue weighted by Crippen LogP contribution is 2.29. The van der Waals surface area contributed by atoms with Crippen LogP contribution in [-0.2, 0) is 0 Å². The maximum Gasteiger partial charge on any atom is 0.265 e. The molecule has 6 heteroatoms. The van der Waals surface area contributed by atoms with Gasteiger partial charge in [0, 0.05) is 26.0 Å². The average Bonchev–Trinajstić information content (AvgIpc) is 2.95. The first-order valence-electron chi connectivity index (χ1n) is 6.57. The first kappa shape index (κ1) is 14.6. The zero-order valence-electron chi connectivity index (χ0n) is 12.1. The zero-order valence-corrected chi connectivity index (χ0v) is 12.9. The second-order valence-corrected chi connectivity index (χ2v) is 5.82. The molecule has 0 saturated heterocycles. The van der Waals surface area contributed by atoms with E-state index in [2.05, 4.69) is 28.8 Å². The van der Waals surface area contributed by atoms with Crippen LogP contribution < -0.4 is 0 Å². The molecule has 2 heterocycles. The molecule has 1 amide bonds. The Hall–Kier alpha value is -1.82. The molecular formula is C14H18N4OS. The summed E-state index contributed by atoms with van der Waals surface area (Å²) in [4.78, 5) is 27.5. The normalized spacial score (nSPS) is 10.8. The van der Waals surface area contributed by atoms with Crippen molar-refractivity contribution in [3.05, 3.63) is 29.2 Å². The van der Waals surface area contributed by atoms with Crippen molar-refractivity contribution in [1.82, 2.24) is 19.9 Å². The van der Waals surface area contributed by atoms with Crippen LogP contribution in [0.1, 0.15) is 42.1 Å². The monoisotopic (exact) mass is 290 g/mol. The lowest BCUT2D eigenvalue weighted by Crippen LogP contribution is -2.25. The van der Waals surface area contributed by atoms with Crippen molar-refractivity contribution < 1.29 is 4.79 Å². The van der Waals surface area contributed by atoms with E-state index in [9.17, 15) is 4.79 Å². The van der Waals surface area contributed by atoms with E-state index in [-0.39, 0.29) is 11.8 Å². The molecule has 0 aromatic carbocycles. The molecular weight excluding hydrogens is 272 g/mol. The number of amides is 1. The molecule has 0 radical (unpaired) electrons. The molecule has 0 saturated carbocycles. The van der Waals surface area contributed by atoms with Gasteiger partial charge in [-0.15, -0.1) is 11.3 Å². The highest BCUT2D eigenvalue weighted by Gasteiger charge is 2.18. The molecule has 0 aliphatic rings. The molecule has 0 unspecified atom stereocenters. The molecule has 5 nitrogen and oxygen atoms in total. The Morgan fingerprint density at radius 2 is 2.00 bits per heavy atom. The summed E-state index contributed by atoms with van der Waals surface area (Å²) in [5.74, 6) is 0.256. The van der Waals surface area contributed by atoms with Crippen LogP contribution in [0.25, 0.3) is 10.7 Å². The second-order valence-electron chi connectivity index (χ2n) is 4.79. The molecule has 0 spiro atoms. The van der Waals surface area contributed by atoms with E-state index in [1.54, 1.807) is 30.5 Å². The van der Waals surface area contributed by atoms with Crippen molar-refractivity contribution in [2.45, 2.75) is 26.7 Å².